The predicted molar refractivity (Wildman–Crippen MR) is 169 cm³/mol. The molecule has 6 rings (SSSR count). The summed E-state index contributed by atoms with van der Waals surface area (Å²) in [4.78, 5) is 31.3. The standard InChI is InChI=1S/C34H41N7O2/c1-4-31(42)41-19-18-40(22-27(41)14-16-35)33-28-15-17-39(30-13-6-10-25-9-5-8-24(2)32(25)30)23-29(28)36-34(37-33)43-21-20-38(3)26-11-7-12-26/h4-6,8-10,13,26-27H,1,7,11-12,14-15,17-23H2,2-3H3. The first-order valence-electron chi connectivity index (χ1n) is 15.5. The van der Waals surface area contributed by atoms with E-state index in [1.807, 2.05) is 0 Å². The van der Waals surface area contributed by atoms with Gasteiger partial charge in [-0.15, -0.1) is 0 Å². The Morgan fingerprint density at radius 3 is 2.72 bits per heavy atom. The van der Waals surface area contributed by atoms with Crippen molar-refractivity contribution in [2.45, 2.75) is 57.7 Å². The van der Waals surface area contributed by atoms with E-state index in [2.05, 4.69) is 77.7 Å². The molecule has 9 heteroatoms. The van der Waals surface area contributed by atoms with Crippen LogP contribution in [0, 0.1) is 18.3 Å². The van der Waals surface area contributed by atoms with Crippen molar-refractivity contribution in [2.75, 3.05) is 56.2 Å². The summed E-state index contributed by atoms with van der Waals surface area (Å²) in [5, 5.41) is 12.0. The fraction of sp³-hybridized carbons (Fsp3) is 0.471. The van der Waals surface area contributed by atoms with E-state index in [1.54, 1.807) is 4.90 Å². The molecular formula is C34H41N7O2. The third kappa shape index (κ3) is 5.89. The largest absolute Gasteiger partial charge is 0.462 e. The summed E-state index contributed by atoms with van der Waals surface area (Å²) in [6, 6.07) is 16.0. The number of hydrogen-bond acceptors (Lipinski definition) is 8. The molecule has 2 aromatic carbocycles. The topological polar surface area (TPSA) is 88.8 Å². The van der Waals surface area contributed by atoms with Crippen LogP contribution in [0.15, 0.2) is 49.1 Å². The number of ether oxygens (including phenoxy) is 1. The number of carbonyl (C=O) groups is 1. The van der Waals surface area contributed by atoms with E-state index in [9.17, 15) is 10.1 Å². The number of likely N-dealkylation sites (N-methyl/N-ethyl adjacent to an activating group) is 1. The molecule has 3 aromatic rings. The molecule has 2 fully saturated rings. The smallest absolute Gasteiger partial charge is 0.318 e. The highest BCUT2D eigenvalue weighted by Gasteiger charge is 2.33. The second-order valence-electron chi connectivity index (χ2n) is 12.0. The number of amides is 1. The first kappa shape index (κ1) is 28.9. The van der Waals surface area contributed by atoms with Crippen LogP contribution in [-0.2, 0) is 17.8 Å². The molecule has 1 unspecified atom stereocenters. The molecule has 1 aromatic heterocycles. The van der Waals surface area contributed by atoms with E-state index >= 15 is 0 Å². The maximum Gasteiger partial charge on any atom is 0.318 e. The van der Waals surface area contributed by atoms with Gasteiger partial charge in [0.2, 0.25) is 5.91 Å². The first-order chi connectivity index (χ1) is 21.0. The van der Waals surface area contributed by atoms with Gasteiger partial charge in [0, 0.05) is 55.4 Å². The molecule has 3 aliphatic rings. The summed E-state index contributed by atoms with van der Waals surface area (Å²) in [5.41, 5.74) is 4.59. The van der Waals surface area contributed by atoms with Gasteiger partial charge in [0.1, 0.15) is 12.4 Å². The van der Waals surface area contributed by atoms with Crippen molar-refractivity contribution in [1.29, 1.82) is 5.26 Å². The summed E-state index contributed by atoms with van der Waals surface area (Å²) in [7, 11) is 2.16. The second kappa shape index (κ2) is 12.6. The Labute approximate surface area is 254 Å². The molecule has 0 bridgehead atoms. The van der Waals surface area contributed by atoms with Gasteiger partial charge in [0.05, 0.1) is 30.8 Å². The van der Waals surface area contributed by atoms with Gasteiger partial charge < -0.3 is 24.3 Å². The van der Waals surface area contributed by atoms with Crippen molar-refractivity contribution in [3.63, 3.8) is 0 Å². The van der Waals surface area contributed by atoms with Gasteiger partial charge in [0.25, 0.3) is 0 Å². The number of nitriles is 1. The number of anilines is 2. The summed E-state index contributed by atoms with van der Waals surface area (Å²) in [6.45, 7) is 10.4. The minimum atomic E-state index is -0.228. The highest BCUT2D eigenvalue weighted by molar-refractivity contribution is 5.97. The zero-order chi connectivity index (χ0) is 29.9. The van der Waals surface area contributed by atoms with Gasteiger partial charge in [-0.1, -0.05) is 43.3 Å². The number of aromatic nitrogens is 2. The summed E-state index contributed by atoms with van der Waals surface area (Å²) in [6.07, 6.45) is 6.20. The van der Waals surface area contributed by atoms with Gasteiger partial charge >= 0.3 is 6.01 Å². The molecular weight excluding hydrogens is 538 g/mol. The molecule has 0 N–H and O–H groups in total. The average molecular weight is 580 g/mol. The lowest BCUT2D eigenvalue weighted by molar-refractivity contribution is -0.128. The Hall–Kier alpha value is -4.16. The van der Waals surface area contributed by atoms with E-state index < -0.39 is 0 Å². The lowest BCUT2D eigenvalue weighted by Gasteiger charge is -2.42. The van der Waals surface area contributed by atoms with Crippen molar-refractivity contribution >= 4 is 28.2 Å². The zero-order valence-corrected chi connectivity index (χ0v) is 25.3. The number of fused-ring (bicyclic) bond motifs is 2. The van der Waals surface area contributed by atoms with E-state index in [1.165, 1.54) is 47.4 Å². The molecule has 43 heavy (non-hydrogen) atoms. The molecule has 224 valence electrons. The number of aryl methyl sites for hydroxylation is 1. The molecule has 0 spiro atoms. The Morgan fingerprint density at radius 2 is 1.98 bits per heavy atom. The number of nitrogens with zero attached hydrogens (tertiary/aromatic N) is 7. The van der Waals surface area contributed by atoms with Crippen LogP contribution in [0.3, 0.4) is 0 Å². The van der Waals surface area contributed by atoms with Gasteiger partial charge in [-0.05, 0) is 56.3 Å². The minimum absolute atomic E-state index is 0.134. The molecule has 1 amide bonds. The van der Waals surface area contributed by atoms with E-state index in [-0.39, 0.29) is 18.4 Å². The van der Waals surface area contributed by atoms with Gasteiger partial charge in [-0.3, -0.25) is 4.79 Å². The number of hydrogen-bond donors (Lipinski definition) is 0. The van der Waals surface area contributed by atoms with Crippen LogP contribution in [0.1, 0.15) is 42.5 Å². The Bertz CT molecular complexity index is 1540. The molecule has 2 aliphatic heterocycles. The maximum absolute atomic E-state index is 12.5. The molecule has 1 aliphatic carbocycles. The number of benzene rings is 2. The average Bonchev–Trinajstić information content (AvgIpc) is 2.99. The van der Waals surface area contributed by atoms with Crippen molar-refractivity contribution in [2.24, 2.45) is 0 Å². The van der Waals surface area contributed by atoms with Gasteiger partial charge in [0.15, 0.2) is 0 Å². The van der Waals surface area contributed by atoms with Crippen LogP contribution in [0.5, 0.6) is 6.01 Å². The zero-order valence-electron chi connectivity index (χ0n) is 25.3. The predicted octanol–water partition coefficient (Wildman–Crippen LogP) is 4.48. The molecule has 9 nitrogen and oxygen atoms in total. The van der Waals surface area contributed by atoms with Crippen LogP contribution in [-0.4, -0.2) is 84.1 Å². The monoisotopic (exact) mass is 579 g/mol. The fourth-order valence-electron chi connectivity index (χ4n) is 6.72. The molecule has 3 heterocycles. The lowest BCUT2D eigenvalue weighted by atomic mass is 9.92. The van der Waals surface area contributed by atoms with Gasteiger partial charge in [-0.2, -0.15) is 15.2 Å². The quantitative estimate of drug-likeness (QED) is 0.343. The summed E-state index contributed by atoms with van der Waals surface area (Å²) >= 11 is 0. The van der Waals surface area contributed by atoms with E-state index in [0.29, 0.717) is 44.8 Å². The highest BCUT2D eigenvalue weighted by Crippen LogP contribution is 2.36. The maximum atomic E-state index is 12.5. The summed E-state index contributed by atoms with van der Waals surface area (Å²) in [5.74, 6) is 0.736. The van der Waals surface area contributed by atoms with E-state index in [4.69, 9.17) is 14.7 Å². The summed E-state index contributed by atoms with van der Waals surface area (Å²) < 4.78 is 6.24. The highest BCUT2D eigenvalue weighted by atomic mass is 16.5. The molecule has 1 saturated heterocycles. The molecule has 0 radical (unpaired) electrons. The number of carbonyl (C=O) groups excluding carboxylic acids is 1. The van der Waals surface area contributed by atoms with E-state index in [0.717, 1.165) is 36.6 Å². The van der Waals surface area contributed by atoms with Crippen molar-refractivity contribution in [3.8, 4) is 12.1 Å². The van der Waals surface area contributed by atoms with Crippen molar-refractivity contribution in [3.05, 3.63) is 65.9 Å². The first-order valence-corrected chi connectivity index (χ1v) is 15.5. The number of rotatable bonds is 9. The number of piperazine rings is 1. The third-order valence-electron chi connectivity index (χ3n) is 9.39. The lowest BCUT2D eigenvalue weighted by Crippen LogP contribution is -2.55. The minimum Gasteiger partial charge on any atom is -0.462 e. The third-order valence-corrected chi connectivity index (χ3v) is 9.39. The van der Waals surface area contributed by atoms with Crippen molar-refractivity contribution < 1.29 is 9.53 Å². The van der Waals surface area contributed by atoms with Gasteiger partial charge in [-0.25, -0.2) is 0 Å². The molecule has 1 saturated carbocycles. The SMILES string of the molecule is C=CC(=O)N1CCN(c2nc(OCCN(C)C3CCC3)nc3c2CCN(c2cccc4cccc(C)c24)C3)CC1CC#N. The van der Waals surface area contributed by atoms with Crippen LogP contribution in [0.25, 0.3) is 10.8 Å². The Morgan fingerprint density at radius 1 is 1.16 bits per heavy atom. The van der Waals surface area contributed by atoms with Crippen LogP contribution < -0.4 is 14.5 Å². The van der Waals surface area contributed by atoms with Crippen LogP contribution in [0.2, 0.25) is 0 Å². The Kier molecular flexibility index (Phi) is 8.48. The Balaban J connectivity index is 1.30. The molecule has 1 atom stereocenters. The van der Waals surface area contributed by atoms with Crippen LogP contribution in [0.4, 0.5) is 11.5 Å². The van der Waals surface area contributed by atoms with Crippen molar-refractivity contribution in [1.82, 2.24) is 19.8 Å². The van der Waals surface area contributed by atoms with Crippen LogP contribution >= 0.6 is 0 Å². The fourth-order valence-corrected chi connectivity index (χ4v) is 6.72. The second-order valence-corrected chi connectivity index (χ2v) is 12.0. The normalized spacial score (nSPS) is 18.7.